The summed E-state index contributed by atoms with van der Waals surface area (Å²) in [5.41, 5.74) is -0.109. The molecule has 0 aliphatic heterocycles. The van der Waals surface area contributed by atoms with Gasteiger partial charge in [0.25, 0.3) is 0 Å². The van der Waals surface area contributed by atoms with Crippen molar-refractivity contribution < 1.29 is 13.2 Å². The number of hydrogen-bond donors (Lipinski definition) is 2. The molecule has 1 heterocycles. The Labute approximate surface area is 125 Å². The summed E-state index contributed by atoms with van der Waals surface area (Å²) in [7, 11) is 0. The first-order chi connectivity index (χ1) is 10.0. The largest absolute Gasteiger partial charge is 0.406 e. The summed E-state index contributed by atoms with van der Waals surface area (Å²) in [5.74, 6) is -1.23. The van der Waals surface area contributed by atoms with Crippen molar-refractivity contribution in [2.75, 3.05) is 11.9 Å². The molecule has 5 nitrogen and oxygen atoms in total. The molecule has 1 aromatic heterocycles. The van der Waals surface area contributed by atoms with E-state index in [1.54, 1.807) is 0 Å². The summed E-state index contributed by atoms with van der Waals surface area (Å²) in [6.07, 6.45) is 0.972. The van der Waals surface area contributed by atoms with Crippen LogP contribution < -0.4 is 10.6 Å². The SMILES string of the molecule is CCCNC(C)c1nnc(Nc2c(F)cc(F)cc2Cl)o1. The predicted molar refractivity (Wildman–Crippen MR) is 75.7 cm³/mol. The lowest BCUT2D eigenvalue weighted by atomic mass is 10.3. The minimum absolute atomic E-state index is 0.0115. The fourth-order valence-corrected chi connectivity index (χ4v) is 1.92. The fraction of sp³-hybridized carbons (Fsp3) is 0.385. The third-order valence-electron chi connectivity index (χ3n) is 2.75. The molecule has 0 amide bonds. The van der Waals surface area contributed by atoms with Gasteiger partial charge in [0.05, 0.1) is 16.8 Å². The Morgan fingerprint density at radius 3 is 2.76 bits per heavy atom. The topological polar surface area (TPSA) is 63.0 Å². The molecule has 0 aliphatic carbocycles. The van der Waals surface area contributed by atoms with Gasteiger partial charge in [-0.05, 0) is 26.0 Å². The number of benzene rings is 1. The molecule has 1 aromatic carbocycles. The third-order valence-corrected chi connectivity index (χ3v) is 3.05. The van der Waals surface area contributed by atoms with Crippen molar-refractivity contribution in [3.63, 3.8) is 0 Å². The van der Waals surface area contributed by atoms with Crippen LogP contribution >= 0.6 is 11.6 Å². The summed E-state index contributed by atoms with van der Waals surface area (Å²) in [4.78, 5) is 0. The van der Waals surface area contributed by atoms with Crippen molar-refractivity contribution in [1.82, 2.24) is 15.5 Å². The van der Waals surface area contributed by atoms with Crippen molar-refractivity contribution in [3.05, 3.63) is 34.7 Å². The van der Waals surface area contributed by atoms with Crippen LogP contribution in [0.5, 0.6) is 0 Å². The first kappa shape index (κ1) is 15.7. The lowest BCUT2D eigenvalue weighted by molar-refractivity contribution is 0.424. The molecule has 1 atom stereocenters. The van der Waals surface area contributed by atoms with Gasteiger partial charge < -0.3 is 15.1 Å². The lowest BCUT2D eigenvalue weighted by Gasteiger charge is -2.08. The molecule has 0 saturated carbocycles. The van der Waals surface area contributed by atoms with E-state index in [0.717, 1.165) is 25.1 Å². The van der Waals surface area contributed by atoms with Crippen LogP contribution in [0, 0.1) is 11.6 Å². The summed E-state index contributed by atoms with van der Waals surface area (Å²) >= 11 is 5.78. The highest BCUT2D eigenvalue weighted by molar-refractivity contribution is 6.33. The van der Waals surface area contributed by atoms with Crippen LogP contribution in [0.1, 0.15) is 32.2 Å². The van der Waals surface area contributed by atoms with Crippen LogP contribution in [-0.2, 0) is 0 Å². The highest BCUT2D eigenvalue weighted by Gasteiger charge is 2.16. The van der Waals surface area contributed by atoms with Crippen LogP contribution in [-0.4, -0.2) is 16.7 Å². The maximum absolute atomic E-state index is 13.6. The average Bonchev–Trinajstić information content (AvgIpc) is 2.89. The van der Waals surface area contributed by atoms with E-state index in [1.165, 1.54) is 0 Å². The highest BCUT2D eigenvalue weighted by atomic mass is 35.5. The zero-order chi connectivity index (χ0) is 15.4. The van der Waals surface area contributed by atoms with Gasteiger partial charge in [0.2, 0.25) is 5.89 Å². The van der Waals surface area contributed by atoms with Gasteiger partial charge >= 0.3 is 6.01 Å². The number of aromatic nitrogens is 2. The molecule has 114 valence electrons. The molecule has 2 aromatic rings. The first-order valence-corrected chi connectivity index (χ1v) is 6.87. The van der Waals surface area contributed by atoms with Crippen LogP contribution in [0.15, 0.2) is 16.5 Å². The molecule has 0 bridgehead atoms. The van der Waals surface area contributed by atoms with Gasteiger partial charge in [-0.15, -0.1) is 5.10 Å². The van der Waals surface area contributed by atoms with E-state index in [1.807, 2.05) is 13.8 Å². The standard InChI is InChI=1S/C13H15ClF2N4O/c1-3-4-17-7(2)12-19-20-13(21-12)18-11-9(14)5-8(15)6-10(11)16/h5-7,17H,3-4H2,1-2H3,(H,18,20). The molecule has 0 aliphatic rings. The molecule has 1 unspecified atom stereocenters. The van der Waals surface area contributed by atoms with Gasteiger partial charge in [-0.25, -0.2) is 8.78 Å². The average molecular weight is 317 g/mol. The molecule has 0 saturated heterocycles. The fourth-order valence-electron chi connectivity index (χ4n) is 1.68. The zero-order valence-corrected chi connectivity index (χ0v) is 12.3. The van der Waals surface area contributed by atoms with E-state index in [0.29, 0.717) is 5.89 Å². The first-order valence-electron chi connectivity index (χ1n) is 6.49. The second kappa shape index (κ2) is 6.82. The van der Waals surface area contributed by atoms with Crippen molar-refractivity contribution in [2.45, 2.75) is 26.3 Å². The number of rotatable bonds is 6. The van der Waals surface area contributed by atoms with Gasteiger partial charge in [-0.2, -0.15) is 0 Å². The van der Waals surface area contributed by atoms with Crippen LogP contribution in [0.25, 0.3) is 0 Å². The summed E-state index contributed by atoms with van der Waals surface area (Å²) in [6.45, 7) is 4.73. The Morgan fingerprint density at radius 1 is 1.33 bits per heavy atom. The van der Waals surface area contributed by atoms with Gasteiger partial charge in [0.15, 0.2) is 5.82 Å². The predicted octanol–water partition coefficient (Wildman–Crippen LogP) is 3.81. The van der Waals surface area contributed by atoms with E-state index in [4.69, 9.17) is 16.0 Å². The monoisotopic (exact) mass is 316 g/mol. The molecule has 0 radical (unpaired) electrons. The van der Waals surface area contributed by atoms with E-state index in [9.17, 15) is 8.78 Å². The molecule has 2 N–H and O–H groups in total. The summed E-state index contributed by atoms with van der Waals surface area (Å²) in [5, 5.41) is 13.3. The Morgan fingerprint density at radius 2 is 2.10 bits per heavy atom. The normalized spacial score (nSPS) is 12.4. The van der Waals surface area contributed by atoms with Crippen molar-refractivity contribution in [2.24, 2.45) is 0 Å². The Kier molecular flexibility index (Phi) is 5.08. The second-order valence-corrected chi connectivity index (χ2v) is 4.90. The smallest absolute Gasteiger partial charge is 0.320 e. The number of halogens is 3. The lowest BCUT2D eigenvalue weighted by Crippen LogP contribution is -2.19. The zero-order valence-electron chi connectivity index (χ0n) is 11.6. The molecule has 2 rings (SSSR count). The number of nitrogens with zero attached hydrogens (tertiary/aromatic N) is 2. The molecule has 21 heavy (non-hydrogen) atoms. The Bertz CT molecular complexity index is 597. The van der Waals surface area contributed by atoms with Crippen LogP contribution in [0.2, 0.25) is 5.02 Å². The highest BCUT2D eigenvalue weighted by Crippen LogP contribution is 2.29. The third kappa shape index (κ3) is 3.89. The van der Waals surface area contributed by atoms with Gasteiger partial charge in [0, 0.05) is 6.07 Å². The summed E-state index contributed by atoms with van der Waals surface area (Å²) < 4.78 is 32.0. The van der Waals surface area contributed by atoms with E-state index in [2.05, 4.69) is 20.8 Å². The van der Waals surface area contributed by atoms with Crippen molar-refractivity contribution >= 4 is 23.3 Å². The van der Waals surface area contributed by atoms with E-state index in [-0.39, 0.29) is 22.8 Å². The van der Waals surface area contributed by atoms with E-state index < -0.39 is 11.6 Å². The molecule has 0 fully saturated rings. The minimum atomic E-state index is -0.836. The number of nitrogens with one attached hydrogen (secondary N) is 2. The van der Waals surface area contributed by atoms with Crippen LogP contribution in [0.4, 0.5) is 20.5 Å². The van der Waals surface area contributed by atoms with Crippen molar-refractivity contribution in [1.29, 1.82) is 0 Å². The second-order valence-electron chi connectivity index (χ2n) is 4.49. The maximum atomic E-state index is 13.6. The molecule has 8 heteroatoms. The van der Waals surface area contributed by atoms with Crippen LogP contribution in [0.3, 0.4) is 0 Å². The molecular formula is C13H15ClF2N4O. The summed E-state index contributed by atoms with van der Waals surface area (Å²) in [6, 6.07) is 1.58. The van der Waals surface area contributed by atoms with Gasteiger partial charge in [-0.1, -0.05) is 23.6 Å². The Hall–Kier alpha value is -1.73. The molecular weight excluding hydrogens is 302 g/mol. The molecule has 0 spiro atoms. The number of anilines is 2. The minimum Gasteiger partial charge on any atom is -0.406 e. The van der Waals surface area contributed by atoms with E-state index >= 15 is 0 Å². The number of hydrogen-bond acceptors (Lipinski definition) is 5. The quantitative estimate of drug-likeness (QED) is 0.848. The van der Waals surface area contributed by atoms with Gasteiger partial charge in [0.1, 0.15) is 5.82 Å². The maximum Gasteiger partial charge on any atom is 0.320 e. The van der Waals surface area contributed by atoms with Gasteiger partial charge in [-0.3, -0.25) is 0 Å². The Balaban J connectivity index is 2.13. The van der Waals surface area contributed by atoms with Crippen molar-refractivity contribution in [3.8, 4) is 0 Å².